The lowest BCUT2D eigenvalue weighted by Gasteiger charge is -2.34. The first kappa shape index (κ1) is 62.5. The summed E-state index contributed by atoms with van der Waals surface area (Å²) < 4.78 is 22.4. The molecule has 0 aromatic heterocycles. The van der Waals surface area contributed by atoms with Gasteiger partial charge in [0.15, 0.2) is 6.10 Å². The summed E-state index contributed by atoms with van der Waals surface area (Å²) in [7, 11) is 0. The number of ketones is 1. The number of nitrogens with one attached hydrogen (secondary N) is 6. The fourth-order valence-corrected chi connectivity index (χ4v) is 12.3. The van der Waals surface area contributed by atoms with E-state index < -0.39 is 101 Å². The van der Waals surface area contributed by atoms with Gasteiger partial charge in [0.05, 0.1) is 25.3 Å². The maximum atomic E-state index is 13.9. The van der Waals surface area contributed by atoms with E-state index in [1.165, 1.54) is 4.90 Å². The van der Waals surface area contributed by atoms with Crippen molar-refractivity contribution in [3.63, 3.8) is 0 Å². The van der Waals surface area contributed by atoms with Gasteiger partial charge in [-0.3, -0.25) is 33.6 Å². The lowest BCUT2D eigenvalue weighted by molar-refractivity contribution is -0.145. The zero-order valence-corrected chi connectivity index (χ0v) is 49.2. The van der Waals surface area contributed by atoms with Crippen LogP contribution in [0.5, 0.6) is 0 Å². The minimum Gasteiger partial charge on any atom is -0.444 e. The molecule has 80 heavy (non-hydrogen) atoms. The second kappa shape index (κ2) is 26.0. The molecule has 8 amide bonds. The standard InChI is InChI=1S/C29H48N4O7.C29H46N4O7/c2*1-28(2,3)40-27(38)32-20-16-39-14-10-8-6-7-9-11-19(23(34)25(36)30-17-12-13-17)31-24(35)22-21-18(29(21,4)5)15-33(22)26(20)37/h17-23,34H,6-16H2,1-5H3,(H,30,36)(H,31,35)(H,32,38);17-22H,6-16H2,1-5H3,(H,30,36)(H,31,35)(H,32,38)/t18-,19-,20-,21-,22-,23?;18-,19-,20-,21-,22-/m00/s1. The Morgan fingerprint density at radius 2 is 0.988 bits per heavy atom. The Bertz CT molecular complexity index is 2270. The fraction of sp³-hybridized carbons (Fsp3) is 0.845. The second-order valence-electron chi connectivity index (χ2n) is 27.0. The van der Waals surface area contributed by atoms with E-state index in [1.54, 1.807) is 46.4 Å². The number of nitrogens with zero attached hydrogens (tertiary/aromatic N) is 2. The molecular formula is C58H94N8O14. The van der Waals surface area contributed by atoms with Crippen LogP contribution >= 0.6 is 0 Å². The summed E-state index contributed by atoms with van der Waals surface area (Å²) in [6.07, 6.45) is 10.0. The monoisotopic (exact) mass is 1130 g/mol. The van der Waals surface area contributed by atoms with Crippen LogP contribution in [-0.4, -0.2) is 173 Å². The van der Waals surface area contributed by atoms with Gasteiger partial charge in [-0.05, 0) is 127 Å². The molecule has 8 aliphatic rings. The molecular weight excluding hydrogens is 1030 g/mol. The molecule has 4 aliphatic heterocycles. The Morgan fingerprint density at radius 1 is 0.575 bits per heavy atom. The van der Waals surface area contributed by atoms with Crippen LogP contribution in [-0.2, 0) is 52.5 Å². The van der Waals surface area contributed by atoms with E-state index in [4.69, 9.17) is 18.9 Å². The third kappa shape index (κ3) is 16.6. The van der Waals surface area contributed by atoms with Crippen molar-refractivity contribution in [1.82, 2.24) is 41.7 Å². The Morgan fingerprint density at radius 3 is 1.44 bits per heavy atom. The largest absolute Gasteiger partial charge is 0.444 e. The summed E-state index contributed by atoms with van der Waals surface area (Å²) in [5, 5.41) is 27.7. The molecule has 11 atom stereocenters. The summed E-state index contributed by atoms with van der Waals surface area (Å²) in [4.78, 5) is 122. The van der Waals surface area contributed by atoms with Gasteiger partial charge in [0, 0.05) is 38.4 Å². The summed E-state index contributed by atoms with van der Waals surface area (Å²) in [6.45, 7) is 20.3. The van der Waals surface area contributed by atoms with Crippen molar-refractivity contribution in [3.8, 4) is 0 Å². The topological polar surface area (TPSA) is 289 Å². The highest BCUT2D eigenvalue weighted by Crippen LogP contribution is 2.66. The SMILES string of the molecule is CC(C)(C)OC(=O)N[C@H]1COCCCCCCC[C@@H](C(=O)C(=O)NC2CC2)NC(=O)[C@@H]2[C@@H]3[C@H](CN2C1=O)C3(C)C.CC(C)(C)OC(=O)N[C@H]1COCCCCCCC[C@@H](C(O)C(=O)NC2CC2)NC(=O)[C@@H]2[C@@H]3[C@H](CN2C1=O)C3(C)C. The highest BCUT2D eigenvalue weighted by Gasteiger charge is 2.71. The van der Waals surface area contributed by atoms with E-state index in [1.807, 2.05) is 0 Å². The van der Waals surface area contributed by atoms with Crippen LogP contribution < -0.4 is 31.9 Å². The van der Waals surface area contributed by atoms with E-state index >= 15 is 0 Å². The van der Waals surface area contributed by atoms with Crippen LogP contribution in [0, 0.1) is 34.5 Å². The first-order chi connectivity index (χ1) is 37.6. The zero-order valence-electron chi connectivity index (χ0n) is 49.2. The molecule has 1 unspecified atom stereocenters. The molecule has 4 heterocycles. The number of hydrogen-bond acceptors (Lipinski definition) is 14. The molecule has 8 rings (SSSR count). The molecule has 22 nitrogen and oxygen atoms in total. The van der Waals surface area contributed by atoms with Crippen LogP contribution in [0.4, 0.5) is 9.59 Å². The molecule has 4 aliphatic carbocycles. The van der Waals surface area contributed by atoms with Gasteiger partial charge in [-0.15, -0.1) is 0 Å². The number of rotatable bonds is 8. The van der Waals surface area contributed by atoms with E-state index in [2.05, 4.69) is 59.6 Å². The third-order valence-corrected chi connectivity index (χ3v) is 17.3. The quantitative estimate of drug-likeness (QED) is 0.170. The molecule has 7 N–H and O–H groups in total. The van der Waals surface area contributed by atoms with Gasteiger partial charge in [-0.1, -0.05) is 79.1 Å². The average molecular weight is 1130 g/mol. The van der Waals surface area contributed by atoms with Crippen LogP contribution in [0.1, 0.15) is 172 Å². The Labute approximate surface area is 472 Å². The molecule has 4 saturated carbocycles. The van der Waals surface area contributed by atoms with Crippen LogP contribution in [0.15, 0.2) is 0 Å². The number of hydrogen-bond donors (Lipinski definition) is 7. The summed E-state index contributed by atoms with van der Waals surface area (Å²) in [6, 6.07) is -5.20. The second-order valence-corrected chi connectivity index (χ2v) is 27.0. The number of Topliss-reactive ketones (excluding diaryl/α,β-unsaturated/α-hetero) is 1. The van der Waals surface area contributed by atoms with Crippen molar-refractivity contribution in [2.45, 2.75) is 238 Å². The zero-order chi connectivity index (χ0) is 58.5. The highest BCUT2D eigenvalue weighted by atomic mass is 16.6. The van der Waals surface area contributed by atoms with Crippen molar-refractivity contribution in [1.29, 1.82) is 0 Å². The highest BCUT2D eigenvalue weighted by molar-refractivity contribution is 6.38. The Kier molecular flexibility index (Phi) is 20.3. The maximum absolute atomic E-state index is 13.9. The molecule has 4 saturated heterocycles. The predicted molar refractivity (Wildman–Crippen MR) is 293 cm³/mol. The Hall–Kier alpha value is -5.09. The minimum absolute atomic E-state index is 0.0235. The first-order valence-corrected chi connectivity index (χ1v) is 29.8. The van der Waals surface area contributed by atoms with Crippen LogP contribution in [0.3, 0.4) is 0 Å². The van der Waals surface area contributed by atoms with E-state index in [9.17, 15) is 48.3 Å². The lowest BCUT2D eigenvalue weighted by atomic mass is 9.97. The average Bonchev–Trinajstić information content (AvgIpc) is 4.37. The number of alkyl carbamates (subject to hydrolysis) is 2. The van der Waals surface area contributed by atoms with E-state index in [-0.39, 0.29) is 65.7 Å². The molecule has 0 spiro atoms. The molecule has 8 fully saturated rings. The number of aliphatic hydroxyl groups excluding tert-OH is 1. The van der Waals surface area contributed by atoms with Crippen LogP contribution in [0.2, 0.25) is 0 Å². The lowest BCUT2D eigenvalue weighted by Crippen LogP contribution is -2.59. The van der Waals surface area contributed by atoms with Crippen molar-refractivity contribution in [3.05, 3.63) is 0 Å². The number of carbonyl (C=O) groups excluding carboxylic acids is 9. The smallest absolute Gasteiger partial charge is 0.408 e. The fourth-order valence-electron chi connectivity index (χ4n) is 12.3. The number of amides is 8. The maximum Gasteiger partial charge on any atom is 0.408 e. The number of ether oxygens (including phenoxy) is 4. The summed E-state index contributed by atoms with van der Waals surface area (Å²) in [5.41, 5.74) is -1.76. The summed E-state index contributed by atoms with van der Waals surface area (Å²) >= 11 is 0. The van der Waals surface area contributed by atoms with E-state index in [0.717, 1.165) is 83.5 Å². The van der Waals surface area contributed by atoms with Gasteiger partial charge >= 0.3 is 12.2 Å². The minimum atomic E-state index is -1.37. The van der Waals surface area contributed by atoms with Gasteiger partial charge in [0.1, 0.15) is 35.4 Å². The predicted octanol–water partition coefficient (Wildman–Crippen LogP) is 3.92. The molecule has 0 radical (unpaired) electrons. The molecule has 22 heteroatoms. The number of carbonyl (C=O) groups is 9. The Balaban J connectivity index is 0.000000231. The normalized spacial score (nSPS) is 31.8. The molecule has 450 valence electrons. The molecule has 0 aromatic carbocycles. The van der Waals surface area contributed by atoms with Crippen molar-refractivity contribution in [2.24, 2.45) is 34.5 Å². The number of piperidine rings is 2. The molecule has 0 bridgehead atoms. The van der Waals surface area contributed by atoms with Gasteiger partial charge in [0.2, 0.25) is 29.4 Å². The van der Waals surface area contributed by atoms with Crippen molar-refractivity contribution in [2.75, 3.05) is 39.5 Å². The number of aliphatic hydroxyl groups is 1. The summed E-state index contributed by atoms with van der Waals surface area (Å²) in [5.74, 6) is -3.29. The van der Waals surface area contributed by atoms with Crippen molar-refractivity contribution >= 4 is 53.4 Å². The first-order valence-electron chi connectivity index (χ1n) is 29.8. The third-order valence-electron chi connectivity index (χ3n) is 17.3. The van der Waals surface area contributed by atoms with E-state index in [0.29, 0.717) is 45.6 Å². The molecule has 0 aromatic rings. The van der Waals surface area contributed by atoms with Crippen LogP contribution in [0.25, 0.3) is 0 Å². The van der Waals surface area contributed by atoms with Crippen molar-refractivity contribution < 1.29 is 67.2 Å². The van der Waals surface area contributed by atoms with Gasteiger partial charge < -0.3 is 65.8 Å². The van der Waals surface area contributed by atoms with Gasteiger partial charge in [0.25, 0.3) is 11.8 Å². The van der Waals surface area contributed by atoms with Gasteiger partial charge in [-0.25, -0.2) is 9.59 Å². The van der Waals surface area contributed by atoms with Gasteiger partial charge in [-0.2, -0.15) is 0 Å². The number of fused-ring (bicyclic) bond motifs is 6.